The van der Waals surface area contributed by atoms with E-state index in [0.29, 0.717) is 10.6 Å². The minimum absolute atomic E-state index is 0. The summed E-state index contributed by atoms with van der Waals surface area (Å²) in [6.07, 6.45) is 0.770. The molecule has 1 N–H and O–H groups in total. The van der Waals surface area contributed by atoms with Gasteiger partial charge in [-0.05, 0) is 12.1 Å². The van der Waals surface area contributed by atoms with Crippen LogP contribution < -0.4 is 86.0 Å². The first kappa shape index (κ1) is 30.6. The molecular weight excluding hydrogens is 430 g/mol. The zero-order valence-corrected chi connectivity index (χ0v) is 20.9. The van der Waals surface area contributed by atoms with Crippen LogP contribution in [-0.4, -0.2) is 28.0 Å². The largest absolute Gasteiger partial charge is 1.00 e. The van der Waals surface area contributed by atoms with Crippen molar-refractivity contribution in [1.29, 1.82) is 0 Å². The van der Waals surface area contributed by atoms with Crippen LogP contribution in [0, 0.1) is 0 Å². The molecule has 7 nitrogen and oxygen atoms in total. The van der Waals surface area contributed by atoms with E-state index in [1.807, 2.05) is 6.07 Å². The summed E-state index contributed by atoms with van der Waals surface area (Å²) < 4.78 is 44.4. The number of benzene rings is 2. The molecule has 126 valence electrons. The van der Waals surface area contributed by atoms with Gasteiger partial charge in [0.1, 0.15) is 6.29 Å². The first-order chi connectivity index (χ1) is 10.7. The van der Waals surface area contributed by atoms with Crippen molar-refractivity contribution in [2.75, 3.05) is 0 Å². The molecular formula is C13H11ClKNaO7S2. The Hall–Kier alpha value is 0.856. The molecule has 2 aromatic carbocycles. The van der Waals surface area contributed by atoms with Crippen LogP contribution in [0.3, 0.4) is 0 Å². The Balaban J connectivity index is -0.000000283. The van der Waals surface area contributed by atoms with Crippen LogP contribution in [0.5, 0.6) is 5.75 Å². The van der Waals surface area contributed by atoms with Crippen molar-refractivity contribution in [3.8, 4) is 5.75 Å². The molecule has 1 atom stereocenters. The molecule has 0 bridgehead atoms. The average molecular weight is 441 g/mol. The molecule has 25 heavy (non-hydrogen) atoms. The maximum absolute atomic E-state index is 10.3. The molecule has 0 aliphatic carbocycles. The van der Waals surface area contributed by atoms with E-state index in [0.717, 1.165) is 6.29 Å². The molecule has 0 radical (unpaired) electrons. The molecule has 0 fully saturated rings. The Morgan fingerprint density at radius 2 is 1.56 bits per heavy atom. The molecule has 0 spiro atoms. The van der Waals surface area contributed by atoms with Crippen LogP contribution in [0.2, 0.25) is 5.02 Å². The van der Waals surface area contributed by atoms with Crippen molar-refractivity contribution < 1.29 is 113 Å². The third-order valence-corrected chi connectivity index (χ3v) is 3.53. The fourth-order valence-corrected chi connectivity index (χ4v) is 1.20. The second kappa shape index (κ2) is 17.0. The summed E-state index contributed by atoms with van der Waals surface area (Å²) in [4.78, 5) is 10.1. The van der Waals surface area contributed by atoms with E-state index in [1.54, 1.807) is 36.4 Å². The normalized spacial score (nSPS) is 10.2. The second-order valence-electron chi connectivity index (χ2n) is 3.61. The van der Waals surface area contributed by atoms with E-state index in [4.69, 9.17) is 16.2 Å². The van der Waals surface area contributed by atoms with Crippen molar-refractivity contribution in [3.05, 3.63) is 65.2 Å². The van der Waals surface area contributed by atoms with Crippen molar-refractivity contribution in [3.63, 3.8) is 0 Å². The summed E-state index contributed by atoms with van der Waals surface area (Å²) in [5, 5.41) is 10.9. The molecule has 0 saturated heterocycles. The molecule has 0 aromatic heterocycles. The van der Waals surface area contributed by atoms with Gasteiger partial charge in [0.05, 0.1) is 0 Å². The Kier molecular flexibility index (Phi) is 20.8. The van der Waals surface area contributed by atoms with E-state index in [9.17, 15) is 27.1 Å². The number of aldehydes is 1. The third-order valence-electron chi connectivity index (χ3n) is 1.90. The SMILES string of the molecule is O=Cc1cccc(Cl)c1.O=S(O)S(=O)(=O)[O-].[K+].[Na+].[O-]c1ccccc1. The molecule has 12 heteroatoms. The van der Waals surface area contributed by atoms with Crippen molar-refractivity contribution in [1.82, 2.24) is 0 Å². The van der Waals surface area contributed by atoms with Crippen molar-refractivity contribution >= 4 is 37.1 Å². The van der Waals surface area contributed by atoms with Gasteiger partial charge in [0.25, 0.3) is 10.1 Å². The van der Waals surface area contributed by atoms with Gasteiger partial charge in [-0.15, -0.1) is 5.75 Å². The molecule has 2 aromatic rings. The number of hydrogen-bond acceptors (Lipinski definition) is 6. The van der Waals surface area contributed by atoms with Gasteiger partial charge in [-0.25, -0.2) is 12.6 Å². The van der Waals surface area contributed by atoms with Gasteiger partial charge in [-0.2, -0.15) is 0 Å². The van der Waals surface area contributed by atoms with Gasteiger partial charge in [-0.1, -0.05) is 54.1 Å². The summed E-state index contributed by atoms with van der Waals surface area (Å²) in [6.45, 7) is 0. The maximum Gasteiger partial charge on any atom is 1.00 e. The van der Waals surface area contributed by atoms with Crippen molar-refractivity contribution in [2.24, 2.45) is 0 Å². The summed E-state index contributed by atoms with van der Waals surface area (Å²) in [6, 6.07) is 15.1. The number of rotatable bonds is 2. The number of para-hydroxylation sites is 1. The first-order valence-electron chi connectivity index (χ1n) is 5.67. The van der Waals surface area contributed by atoms with Crippen LogP contribution in [0.1, 0.15) is 10.4 Å². The molecule has 1 unspecified atom stereocenters. The van der Waals surface area contributed by atoms with Gasteiger partial charge in [0.2, 0.25) is 9.15 Å². The Morgan fingerprint density at radius 3 is 1.80 bits per heavy atom. The molecule has 2 rings (SSSR count). The smallest absolute Gasteiger partial charge is 0.872 e. The van der Waals surface area contributed by atoms with Crippen LogP contribution in [0.25, 0.3) is 0 Å². The van der Waals surface area contributed by atoms with Crippen LogP contribution >= 0.6 is 11.6 Å². The first-order valence-corrected chi connectivity index (χ1v) is 9.08. The number of hydrogen-bond donors (Lipinski definition) is 1. The fourth-order valence-electron chi connectivity index (χ4n) is 1.00. The summed E-state index contributed by atoms with van der Waals surface area (Å²) in [5.74, 6) is 0.0718. The van der Waals surface area contributed by atoms with Gasteiger partial charge in [0.15, 0.2) is 0 Å². The Labute approximate surface area is 217 Å². The molecule has 0 amide bonds. The summed E-state index contributed by atoms with van der Waals surface area (Å²) in [5.41, 5.74) is 0.613. The van der Waals surface area contributed by atoms with E-state index < -0.39 is 19.3 Å². The molecule has 0 heterocycles. The van der Waals surface area contributed by atoms with E-state index >= 15 is 0 Å². The number of carbonyl (C=O) groups excluding carboxylic acids is 1. The minimum Gasteiger partial charge on any atom is -0.872 e. The Morgan fingerprint density at radius 1 is 1.08 bits per heavy atom. The van der Waals surface area contributed by atoms with E-state index in [1.165, 1.54) is 12.1 Å². The standard InChI is InChI=1S/C7H5ClO.C6H6O.K.Na.H2O5S2/c8-7-3-1-2-6(4-7)5-9;7-6-4-2-1-3-5-6;;;1-6(2)7(3,4)5/h1-5H;1-5,7H;;;(H,1,2)(H,3,4,5)/q;;2*+1;/p-2. The Bertz CT molecular complexity index is 745. The quantitative estimate of drug-likeness (QED) is 0.164. The topological polar surface area (TPSA) is 135 Å². The maximum atomic E-state index is 10.3. The van der Waals surface area contributed by atoms with E-state index in [2.05, 4.69) is 0 Å². The summed E-state index contributed by atoms with van der Waals surface area (Å²) in [7, 11) is -8.23. The monoisotopic (exact) mass is 440 g/mol. The summed E-state index contributed by atoms with van der Waals surface area (Å²) >= 11 is 5.56. The zero-order chi connectivity index (χ0) is 17.9. The number of carbonyl (C=O) groups is 1. The predicted molar refractivity (Wildman–Crippen MR) is 83.2 cm³/mol. The van der Waals surface area contributed by atoms with Crippen LogP contribution in [-0.2, 0) is 19.3 Å². The van der Waals surface area contributed by atoms with Gasteiger partial charge < -0.3 is 9.66 Å². The zero-order valence-electron chi connectivity index (χ0n) is 13.4. The van der Waals surface area contributed by atoms with Gasteiger partial charge >= 0.3 is 80.9 Å². The molecule has 0 aliphatic rings. The molecule has 0 aliphatic heterocycles. The van der Waals surface area contributed by atoms with E-state index in [-0.39, 0.29) is 86.7 Å². The predicted octanol–water partition coefficient (Wildman–Crippen LogP) is -4.41. The van der Waals surface area contributed by atoms with Gasteiger partial charge in [0, 0.05) is 10.6 Å². The van der Waals surface area contributed by atoms with Gasteiger partial charge in [-0.3, -0.25) is 9.35 Å². The fraction of sp³-hybridized carbons (Fsp3) is 0. The number of halogens is 1. The van der Waals surface area contributed by atoms with Crippen LogP contribution in [0.4, 0.5) is 0 Å². The minimum atomic E-state index is -4.96. The van der Waals surface area contributed by atoms with Crippen LogP contribution in [0.15, 0.2) is 54.6 Å². The van der Waals surface area contributed by atoms with Crippen molar-refractivity contribution in [2.45, 2.75) is 0 Å². The second-order valence-corrected chi connectivity index (χ2v) is 7.38. The third kappa shape index (κ3) is 18.0. The molecule has 0 saturated carbocycles. The average Bonchev–Trinajstić information content (AvgIpc) is 2.48.